The van der Waals surface area contributed by atoms with E-state index in [2.05, 4.69) is 44.2 Å². The zero-order valence-corrected chi connectivity index (χ0v) is 12.1. The maximum Gasteiger partial charge on any atom is 0.191 e. The van der Waals surface area contributed by atoms with E-state index in [1.807, 2.05) is 19.3 Å². The van der Waals surface area contributed by atoms with E-state index in [1.165, 1.54) is 18.4 Å². The van der Waals surface area contributed by atoms with Crippen LogP contribution in [0, 0.1) is 6.92 Å². The zero-order chi connectivity index (χ0) is 13.9. The quantitative estimate of drug-likeness (QED) is 0.655. The second-order valence-electron chi connectivity index (χ2n) is 5.32. The van der Waals surface area contributed by atoms with Gasteiger partial charge in [0.25, 0.3) is 0 Å². The molecule has 3 rings (SSSR count). The minimum atomic E-state index is 0.624. The SMILES string of the molecule is CN=C(NCCc1cn2cccc(C)c2n1)NC1CC1. The summed E-state index contributed by atoms with van der Waals surface area (Å²) in [5.74, 6) is 0.896. The maximum atomic E-state index is 4.67. The highest BCUT2D eigenvalue weighted by molar-refractivity contribution is 5.80. The highest BCUT2D eigenvalue weighted by Gasteiger charge is 2.21. The molecule has 2 heterocycles. The fourth-order valence-electron chi connectivity index (χ4n) is 2.25. The first-order chi connectivity index (χ1) is 9.76. The van der Waals surface area contributed by atoms with Gasteiger partial charge in [-0.3, -0.25) is 4.99 Å². The van der Waals surface area contributed by atoms with Crippen molar-refractivity contribution >= 4 is 11.6 Å². The van der Waals surface area contributed by atoms with E-state index in [0.717, 1.165) is 30.3 Å². The second kappa shape index (κ2) is 5.53. The fourth-order valence-corrected chi connectivity index (χ4v) is 2.25. The summed E-state index contributed by atoms with van der Waals surface area (Å²) in [4.78, 5) is 8.90. The molecule has 1 saturated carbocycles. The number of imidazole rings is 1. The summed E-state index contributed by atoms with van der Waals surface area (Å²) in [6.45, 7) is 2.93. The molecule has 0 radical (unpaired) electrons. The van der Waals surface area contributed by atoms with E-state index < -0.39 is 0 Å². The van der Waals surface area contributed by atoms with Gasteiger partial charge in [0.15, 0.2) is 5.96 Å². The molecule has 0 amide bonds. The zero-order valence-electron chi connectivity index (χ0n) is 12.1. The molecular weight excluding hydrogens is 250 g/mol. The van der Waals surface area contributed by atoms with Crippen LogP contribution in [0.2, 0.25) is 0 Å². The molecule has 0 aromatic carbocycles. The predicted molar refractivity (Wildman–Crippen MR) is 81.2 cm³/mol. The Morgan fingerprint density at radius 1 is 1.50 bits per heavy atom. The third-order valence-corrected chi connectivity index (χ3v) is 3.54. The molecule has 1 aliphatic carbocycles. The van der Waals surface area contributed by atoms with Crippen LogP contribution in [-0.2, 0) is 6.42 Å². The Bertz CT molecular complexity index is 624. The molecular formula is C15H21N5. The van der Waals surface area contributed by atoms with Crippen molar-refractivity contribution in [2.75, 3.05) is 13.6 Å². The first-order valence-electron chi connectivity index (χ1n) is 7.16. The van der Waals surface area contributed by atoms with Crippen LogP contribution in [0.5, 0.6) is 0 Å². The summed E-state index contributed by atoms with van der Waals surface area (Å²) in [7, 11) is 1.81. The fraction of sp³-hybridized carbons (Fsp3) is 0.467. The van der Waals surface area contributed by atoms with Crippen LogP contribution in [-0.4, -0.2) is 35.0 Å². The van der Waals surface area contributed by atoms with E-state index in [9.17, 15) is 0 Å². The summed E-state index contributed by atoms with van der Waals surface area (Å²) in [5, 5.41) is 6.71. The Balaban J connectivity index is 1.57. The number of hydrogen-bond donors (Lipinski definition) is 2. The van der Waals surface area contributed by atoms with Crippen LogP contribution < -0.4 is 10.6 Å². The Kier molecular flexibility index (Phi) is 3.58. The lowest BCUT2D eigenvalue weighted by molar-refractivity contribution is 0.784. The predicted octanol–water partition coefficient (Wildman–Crippen LogP) is 1.51. The van der Waals surface area contributed by atoms with E-state index >= 15 is 0 Å². The molecule has 1 aliphatic rings. The van der Waals surface area contributed by atoms with Gasteiger partial charge in [0.2, 0.25) is 0 Å². The number of aryl methyl sites for hydroxylation is 1. The minimum Gasteiger partial charge on any atom is -0.356 e. The Morgan fingerprint density at radius 2 is 2.35 bits per heavy atom. The van der Waals surface area contributed by atoms with Gasteiger partial charge in [-0.25, -0.2) is 4.98 Å². The van der Waals surface area contributed by atoms with Crippen LogP contribution in [0.4, 0.5) is 0 Å². The highest BCUT2D eigenvalue weighted by atomic mass is 15.2. The molecule has 5 nitrogen and oxygen atoms in total. The largest absolute Gasteiger partial charge is 0.356 e. The maximum absolute atomic E-state index is 4.67. The van der Waals surface area contributed by atoms with Gasteiger partial charge in [0.1, 0.15) is 5.65 Å². The number of nitrogens with zero attached hydrogens (tertiary/aromatic N) is 3. The molecule has 0 aliphatic heterocycles. The van der Waals surface area contributed by atoms with Crippen molar-refractivity contribution in [3.63, 3.8) is 0 Å². The number of aromatic nitrogens is 2. The van der Waals surface area contributed by atoms with Gasteiger partial charge in [-0.05, 0) is 31.4 Å². The Labute approximate surface area is 119 Å². The highest BCUT2D eigenvalue weighted by Crippen LogP contribution is 2.18. The van der Waals surface area contributed by atoms with E-state index in [4.69, 9.17) is 0 Å². The molecule has 0 saturated heterocycles. The number of fused-ring (bicyclic) bond motifs is 1. The first kappa shape index (κ1) is 13.0. The number of rotatable bonds is 4. The first-order valence-corrected chi connectivity index (χ1v) is 7.16. The van der Waals surface area contributed by atoms with E-state index in [1.54, 1.807) is 0 Å². The summed E-state index contributed by atoms with van der Waals surface area (Å²) < 4.78 is 2.09. The summed E-state index contributed by atoms with van der Waals surface area (Å²) >= 11 is 0. The van der Waals surface area contributed by atoms with Crippen molar-refractivity contribution in [2.24, 2.45) is 4.99 Å². The summed E-state index contributed by atoms with van der Waals surface area (Å²) in [6.07, 6.45) is 7.55. The molecule has 5 heteroatoms. The molecule has 0 bridgehead atoms. The van der Waals surface area contributed by atoms with Gasteiger partial charge in [0, 0.05) is 38.4 Å². The smallest absolute Gasteiger partial charge is 0.191 e. The molecule has 106 valence electrons. The van der Waals surface area contributed by atoms with Gasteiger partial charge in [0.05, 0.1) is 5.69 Å². The standard InChI is InChI=1S/C15H21N5/c1-11-4-3-9-20-10-13(18-14(11)20)7-8-17-15(16-2)19-12-5-6-12/h3-4,9-10,12H,5-8H2,1-2H3,(H2,16,17,19). The van der Waals surface area contributed by atoms with Crippen molar-refractivity contribution in [3.8, 4) is 0 Å². The van der Waals surface area contributed by atoms with Crippen LogP contribution in [0.1, 0.15) is 24.1 Å². The molecule has 20 heavy (non-hydrogen) atoms. The molecule has 0 atom stereocenters. The number of hydrogen-bond acceptors (Lipinski definition) is 2. The van der Waals surface area contributed by atoms with Gasteiger partial charge in [-0.2, -0.15) is 0 Å². The Hall–Kier alpha value is -2.04. The third kappa shape index (κ3) is 2.92. The van der Waals surface area contributed by atoms with Crippen molar-refractivity contribution in [1.82, 2.24) is 20.0 Å². The van der Waals surface area contributed by atoms with E-state index in [0.29, 0.717) is 6.04 Å². The lowest BCUT2D eigenvalue weighted by atomic mass is 10.3. The molecule has 0 unspecified atom stereocenters. The van der Waals surface area contributed by atoms with Crippen molar-refractivity contribution < 1.29 is 0 Å². The monoisotopic (exact) mass is 271 g/mol. The number of guanidine groups is 1. The average molecular weight is 271 g/mol. The lowest BCUT2D eigenvalue weighted by Gasteiger charge is -2.09. The molecule has 2 aromatic heterocycles. The van der Waals surface area contributed by atoms with Gasteiger partial charge in [-0.1, -0.05) is 6.07 Å². The van der Waals surface area contributed by atoms with Crippen LogP contribution >= 0.6 is 0 Å². The molecule has 0 spiro atoms. The normalized spacial score (nSPS) is 15.6. The van der Waals surface area contributed by atoms with Crippen molar-refractivity contribution in [2.45, 2.75) is 32.2 Å². The van der Waals surface area contributed by atoms with Crippen molar-refractivity contribution in [3.05, 3.63) is 35.8 Å². The Morgan fingerprint density at radius 3 is 3.05 bits per heavy atom. The van der Waals surface area contributed by atoms with Crippen LogP contribution in [0.3, 0.4) is 0 Å². The number of pyridine rings is 1. The third-order valence-electron chi connectivity index (χ3n) is 3.54. The molecule has 1 fully saturated rings. The van der Waals surface area contributed by atoms with Gasteiger partial charge < -0.3 is 15.0 Å². The summed E-state index contributed by atoms with van der Waals surface area (Å²) in [5.41, 5.74) is 3.36. The van der Waals surface area contributed by atoms with Gasteiger partial charge in [-0.15, -0.1) is 0 Å². The number of aliphatic imine (C=N–C) groups is 1. The number of nitrogens with one attached hydrogen (secondary N) is 2. The van der Waals surface area contributed by atoms with Crippen LogP contribution in [0.15, 0.2) is 29.5 Å². The topological polar surface area (TPSA) is 53.7 Å². The minimum absolute atomic E-state index is 0.624. The van der Waals surface area contributed by atoms with Crippen molar-refractivity contribution in [1.29, 1.82) is 0 Å². The van der Waals surface area contributed by atoms with Gasteiger partial charge >= 0.3 is 0 Å². The molecule has 2 aromatic rings. The molecule has 2 N–H and O–H groups in total. The lowest BCUT2D eigenvalue weighted by Crippen LogP contribution is -2.39. The average Bonchev–Trinajstić information content (AvgIpc) is 3.15. The van der Waals surface area contributed by atoms with E-state index in [-0.39, 0.29) is 0 Å². The van der Waals surface area contributed by atoms with Crippen LogP contribution in [0.25, 0.3) is 5.65 Å². The second-order valence-corrected chi connectivity index (χ2v) is 5.32. The summed E-state index contributed by atoms with van der Waals surface area (Å²) in [6, 6.07) is 4.76.